The number of halogens is 2. The SMILES string of the molecule is CCC(C)Cc1ccc(-c2ccc(-c3c(N)c(N)c(-c4ccc(-c5ccc(CC(C)CC)cc5F)s4)c4nsnc34)s2)c(F)c1. The minimum absolute atomic E-state index is 0.234. The van der Waals surface area contributed by atoms with E-state index in [4.69, 9.17) is 11.5 Å². The van der Waals surface area contributed by atoms with E-state index < -0.39 is 0 Å². The van der Waals surface area contributed by atoms with Gasteiger partial charge in [-0.05, 0) is 72.2 Å². The highest BCUT2D eigenvalue weighted by atomic mass is 32.1. The molecule has 2 atom stereocenters. The molecule has 0 fully saturated rings. The Balaban J connectivity index is 1.34. The van der Waals surface area contributed by atoms with Crippen molar-refractivity contribution in [2.45, 2.75) is 53.4 Å². The van der Waals surface area contributed by atoms with Gasteiger partial charge in [0.1, 0.15) is 22.7 Å². The number of hydrogen-bond donors (Lipinski definition) is 2. The second-order valence-electron chi connectivity index (χ2n) is 11.9. The molecule has 2 unspecified atom stereocenters. The van der Waals surface area contributed by atoms with Gasteiger partial charge in [0.15, 0.2) is 0 Å². The number of benzene rings is 3. The summed E-state index contributed by atoms with van der Waals surface area (Å²) < 4.78 is 39.7. The third kappa shape index (κ3) is 6.13. The van der Waals surface area contributed by atoms with Crippen LogP contribution in [0.1, 0.15) is 51.7 Å². The van der Waals surface area contributed by atoms with Crippen molar-refractivity contribution in [1.29, 1.82) is 0 Å². The van der Waals surface area contributed by atoms with Gasteiger partial charge in [-0.15, -0.1) is 22.7 Å². The summed E-state index contributed by atoms with van der Waals surface area (Å²) in [6, 6.07) is 18.7. The molecule has 4 N–H and O–H groups in total. The van der Waals surface area contributed by atoms with Gasteiger partial charge in [0.05, 0.1) is 23.1 Å². The number of hydrogen-bond acceptors (Lipinski definition) is 7. The van der Waals surface area contributed by atoms with Crippen molar-refractivity contribution in [3.63, 3.8) is 0 Å². The van der Waals surface area contributed by atoms with Crippen molar-refractivity contribution in [2.24, 2.45) is 11.8 Å². The molecule has 4 nitrogen and oxygen atoms in total. The largest absolute Gasteiger partial charge is 0.396 e. The fourth-order valence-electron chi connectivity index (χ4n) is 5.64. The molecule has 0 bridgehead atoms. The molecule has 0 aliphatic rings. The Morgan fingerprint density at radius 2 is 1.02 bits per heavy atom. The lowest BCUT2D eigenvalue weighted by molar-refractivity contribution is 0.556. The summed E-state index contributed by atoms with van der Waals surface area (Å²) in [4.78, 5) is 3.29. The zero-order valence-corrected chi connectivity index (χ0v) is 28.2. The van der Waals surface area contributed by atoms with Crippen LogP contribution in [0, 0.1) is 23.5 Å². The van der Waals surface area contributed by atoms with Crippen molar-refractivity contribution in [3.8, 4) is 41.8 Å². The minimum atomic E-state index is -0.234. The van der Waals surface area contributed by atoms with Gasteiger partial charge in [-0.25, -0.2) is 8.78 Å². The second kappa shape index (κ2) is 13.0. The van der Waals surface area contributed by atoms with Gasteiger partial charge in [0.25, 0.3) is 0 Å². The van der Waals surface area contributed by atoms with Crippen LogP contribution in [0.5, 0.6) is 0 Å². The fraction of sp³-hybridized carbons (Fsp3) is 0.278. The molecule has 0 radical (unpaired) electrons. The summed E-state index contributed by atoms with van der Waals surface area (Å²) in [6.07, 6.45) is 3.82. The lowest BCUT2D eigenvalue weighted by Crippen LogP contribution is -2.01. The van der Waals surface area contributed by atoms with Crippen LogP contribution in [0.4, 0.5) is 20.2 Å². The maximum Gasteiger partial charge on any atom is 0.132 e. The Morgan fingerprint density at radius 1 is 0.622 bits per heavy atom. The molecule has 3 aromatic carbocycles. The molecule has 3 aromatic heterocycles. The lowest BCUT2D eigenvalue weighted by atomic mass is 9.97. The van der Waals surface area contributed by atoms with Gasteiger partial charge < -0.3 is 11.5 Å². The fourth-order valence-corrected chi connectivity index (χ4v) is 8.38. The first-order valence-corrected chi connectivity index (χ1v) is 17.7. The Hall–Kier alpha value is -3.66. The molecular weight excluding hydrogens is 623 g/mol. The molecule has 0 amide bonds. The average molecular weight is 659 g/mol. The Kier molecular flexibility index (Phi) is 9.04. The smallest absolute Gasteiger partial charge is 0.132 e. The molecule has 3 heterocycles. The summed E-state index contributed by atoms with van der Waals surface area (Å²) in [7, 11) is 0. The minimum Gasteiger partial charge on any atom is -0.396 e. The van der Waals surface area contributed by atoms with Gasteiger partial charge in [-0.3, -0.25) is 0 Å². The molecule has 0 spiro atoms. The van der Waals surface area contributed by atoms with E-state index >= 15 is 8.78 Å². The van der Waals surface area contributed by atoms with Crippen LogP contribution in [0.15, 0.2) is 60.7 Å². The number of nitrogens with zero attached hydrogens (tertiary/aromatic N) is 2. The summed E-state index contributed by atoms with van der Waals surface area (Å²) in [5.74, 6) is 0.536. The van der Waals surface area contributed by atoms with E-state index in [1.54, 1.807) is 12.1 Å². The monoisotopic (exact) mass is 658 g/mol. The highest BCUT2D eigenvalue weighted by molar-refractivity contribution is 7.19. The van der Waals surface area contributed by atoms with E-state index in [0.717, 1.165) is 68.0 Å². The number of thiophene rings is 2. The van der Waals surface area contributed by atoms with Gasteiger partial charge >= 0.3 is 0 Å². The predicted octanol–water partition coefficient (Wildman–Crippen LogP) is 11.1. The lowest BCUT2D eigenvalue weighted by Gasteiger charge is -2.13. The van der Waals surface area contributed by atoms with Crippen LogP contribution in [0.3, 0.4) is 0 Å². The van der Waals surface area contributed by atoms with Crippen LogP contribution in [-0.4, -0.2) is 8.75 Å². The summed E-state index contributed by atoms with van der Waals surface area (Å²) in [6.45, 7) is 8.65. The van der Waals surface area contributed by atoms with Crippen molar-refractivity contribution in [2.75, 3.05) is 11.5 Å². The van der Waals surface area contributed by atoms with Crippen LogP contribution in [0.25, 0.3) is 52.8 Å². The Labute approximate surface area is 275 Å². The van der Waals surface area contributed by atoms with Crippen molar-refractivity contribution in [3.05, 3.63) is 83.4 Å². The number of rotatable bonds is 10. The highest BCUT2D eigenvalue weighted by Crippen LogP contribution is 2.49. The summed E-state index contributed by atoms with van der Waals surface area (Å²) >= 11 is 4.00. The highest BCUT2D eigenvalue weighted by Gasteiger charge is 2.24. The van der Waals surface area contributed by atoms with Gasteiger partial charge in [-0.2, -0.15) is 8.75 Å². The van der Waals surface area contributed by atoms with Gasteiger partial charge in [0, 0.05) is 41.8 Å². The topological polar surface area (TPSA) is 77.8 Å². The van der Waals surface area contributed by atoms with E-state index in [9.17, 15) is 0 Å². The van der Waals surface area contributed by atoms with E-state index in [-0.39, 0.29) is 11.6 Å². The zero-order chi connectivity index (χ0) is 31.8. The first-order valence-electron chi connectivity index (χ1n) is 15.3. The number of nitrogens with two attached hydrogens (primary N) is 2. The van der Waals surface area contributed by atoms with E-state index in [2.05, 4.69) is 36.4 Å². The van der Waals surface area contributed by atoms with Crippen LogP contribution < -0.4 is 11.5 Å². The average Bonchev–Trinajstić information content (AvgIpc) is 3.80. The first kappa shape index (κ1) is 31.3. The molecule has 232 valence electrons. The van der Waals surface area contributed by atoms with Crippen LogP contribution in [0.2, 0.25) is 0 Å². The van der Waals surface area contributed by atoms with Crippen LogP contribution >= 0.6 is 34.4 Å². The molecule has 0 aliphatic heterocycles. The predicted molar refractivity (Wildman–Crippen MR) is 190 cm³/mol. The van der Waals surface area contributed by atoms with Crippen LogP contribution in [-0.2, 0) is 12.8 Å². The number of nitrogen functional groups attached to an aromatic ring is 2. The molecule has 6 rings (SSSR count). The maximum absolute atomic E-state index is 15.2. The third-order valence-corrected chi connectivity index (χ3v) is 11.5. The van der Waals surface area contributed by atoms with Gasteiger partial charge in [0.2, 0.25) is 0 Å². The molecule has 0 saturated carbocycles. The third-order valence-electron chi connectivity index (χ3n) is 8.66. The summed E-state index contributed by atoms with van der Waals surface area (Å²) in [5, 5.41) is 0. The molecule has 45 heavy (non-hydrogen) atoms. The number of aromatic nitrogens is 2. The normalized spacial score (nSPS) is 13.0. The van der Waals surface area contributed by atoms with Crippen molar-refractivity contribution in [1.82, 2.24) is 8.75 Å². The quantitative estimate of drug-likeness (QED) is 0.144. The van der Waals surface area contributed by atoms with E-state index in [0.29, 0.717) is 56.5 Å². The standard InChI is InChI=1S/C36H36F2N4S3/c1-5-19(3)15-21-7-9-23(25(37)17-21)27-11-13-29(43-27)31-33(39)34(40)32(36-35(31)41-45-42-36)30-14-12-28(44-30)24-10-8-22(18-26(24)38)16-20(4)6-2/h7-14,17-20H,5-6,15-16,39-40H2,1-4H3. The zero-order valence-electron chi connectivity index (χ0n) is 25.8. The van der Waals surface area contributed by atoms with Gasteiger partial charge in [-0.1, -0.05) is 64.8 Å². The van der Waals surface area contributed by atoms with Crippen molar-refractivity contribution >= 4 is 56.8 Å². The number of anilines is 2. The molecular formula is C36H36F2N4S3. The Bertz CT molecular complexity index is 1850. The second-order valence-corrected chi connectivity index (χ2v) is 14.6. The molecule has 6 aromatic rings. The Morgan fingerprint density at radius 3 is 1.40 bits per heavy atom. The maximum atomic E-state index is 15.2. The molecule has 9 heteroatoms. The van der Waals surface area contributed by atoms with Crippen molar-refractivity contribution < 1.29 is 8.78 Å². The van der Waals surface area contributed by atoms with E-state index in [1.807, 2.05) is 48.5 Å². The summed E-state index contributed by atoms with van der Waals surface area (Å²) in [5.41, 5.74) is 20.1. The van der Waals surface area contributed by atoms with E-state index in [1.165, 1.54) is 22.7 Å². The first-order chi connectivity index (χ1) is 21.7. The molecule has 0 saturated heterocycles. The number of fused-ring (bicyclic) bond motifs is 1. The molecule has 0 aliphatic carbocycles.